The first-order valence-corrected chi connectivity index (χ1v) is 17.6. The van der Waals surface area contributed by atoms with Gasteiger partial charge in [-0.2, -0.15) is 4.31 Å². The molecule has 0 spiro atoms. The molecule has 0 bridgehead atoms. The lowest BCUT2D eigenvalue weighted by Crippen LogP contribution is -2.52. The molecule has 0 aliphatic rings. The van der Waals surface area contributed by atoms with Crippen molar-refractivity contribution in [2.45, 2.75) is 50.8 Å². The lowest BCUT2D eigenvalue weighted by molar-refractivity contribution is -0.125. The van der Waals surface area contributed by atoms with E-state index in [-0.39, 0.29) is 36.9 Å². The summed E-state index contributed by atoms with van der Waals surface area (Å²) in [7, 11) is -6.31. The Morgan fingerprint density at radius 2 is 1.41 bits per heavy atom. The summed E-state index contributed by atoms with van der Waals surface area (Å²) in [5.74, 6) is -1.50. The summed E-state index contributed by atoms with van der Waals surface area (Å²) in [6.45, 7) is 5.21. The topological polar surface area (TPSA) is 142 Å². The number of aliphatic hydroxyl groups excluding tert-OH is 1. The van der Waals surface area contributed by atoms with E-state index in [1.165, 1.54) is 30.5 Å². The van der Waals surface area contributed by atoms with Gasteiger partial charge in [-0.05, 0) is 47.7 Å². The van der Waals surface area contributed by atoms with Gasteiger partial charge in [0.2, 0.25) is 26.0 Å². The van der Waals surface area contributed by atoms with Crippen LogP contribution in [0, 0.1) is 11.8 Å². The summed E-state index contributed by atoms with van der Waals surface area (Å²) < 4.78 is 61.7. The van der Waals surface area contributed by atoms with Crippen molar-refractivity contribution in [1.29, 1.82) is 0 Å². The molecule has 0 saturated carbocycles. The fourth-order valence-corrected chi connectivity index (χ4v) is 7.58. The van der Waals surface area contributed by atoms with Gasteiger partial charge in [0.25, 0.3) is 0 Å². The van der Waals surface area contributed by atoms with Gasteiger partial charge in [0, 0.05) is 19.6 Å². The second-order valence-corrected chi connectivity index (χ2v) is 15.0. The van der Waals surface area contributed by atoms with Crippen molar-refractivity contribution in [3.63, 3.8) is 0 Å². The first-order chi connectivity index (χ1) is 20.8. The number of sulfonamides is 2. The maximum Gasteiger partial charge on any atom is 0.243 e. The molecule has 0 saturated heterocycles. The maximum absolute atomic E-state index is 13.6. The normalized spacial score (nSPS) is 14.2. The van der Waals surface area contributed by atoms with E-state index in [2.05, 4.69) is 10.0 Å². The van der Waals surface area contributed by atoms with Crippen LogP contribution in [0.4, 0.5) is 0 Å². The number of hydrogen-bond donors (Lipinski definition) is 3. The number of methoxy groups -OCH3 is 1. The first-order valence-electron chi connectivity index (χ1n) is 14.5. The van der Waals surface area contributed by atoms with Crippen LogP contribution < -0.4 is 14.8 Å². The molecule has 0 aliphatic heterocycles. The number of rotatable bonds is 17. The molecular formula is C32H43N3O7S2. The molecule has 0 heterocycles. The van der Waals surface area contributed by atoms with E-state index in [0.717, 1.165) is 11.1 Å². The predicted molar refractivity (Wildman–Crippen MR) is 171 cm³/mol. The smallest absolute Gasteiger partial charge is 0.243 e. The zero-order valence-electron chi connectivity index (χ0n) is 25.6. The van der Waals surface area contributed by atoms with Crippen molar-refractivity contribution >= 4 is 26.0 Å². The molecule has 1 amide bonds. The fraction of sp³-hybridized carbons (Fsp3) is 0.406. The predicted octanol–water partition coefficient (Wildman–Crippen LogP) is 3.19. The third-order valence-corrected chi connectivity index (χ3v) is 10.4. The van der Waals surface area contributed by atoms with Crippen LogP contribution in [0.5, 0.6) is 5.75 Å². The van der Waals surface area contributed by atoms with Gasteiger partial charge in [-0.3, -0.25) is 4.79 Å². The average Bonchev–Trinajstić information content (AvgIpc) is 3.00. The number of benzene rings is 3. The molecule has 3 rings (SSSR count). The van der Waals surface area contributed by atoms with Crippen molar-refractivity contribution in [1.82, 2.24) is 14.3 Å². The van der Waals surface area contributed by atoms with Gasteiger partial charge in [0.05, 0.1) is 35.8 Å². The van der Waals surface area contributed by atoms with E-state index in [0.29, 0.717) is 5.75 Å². The quantitative estimate of drug-likeness (QED) is 0.205. The standard InChI is InChI=1S/C32H43N3O7S2/c1-24(2)21-35(44(40,41)29-17-15-28(42-4)16-18-29)22-31(36)30(19-26-11-7-5-8-12-26)34-32(37)25(3)23-43(38,39)33-20-27-13-9-6-10-14-27/h5-18,24-25,30-31,33,36H,19-23H2,1-4H3,(H,34,37). The van der Waals surface area contributed by atoms with Crippen molar-refractivity contribution in [3.8, 4) is 5.75 Å². The largest absolute Gasteiger partial charge is 0.497 e. The number of ether oxygens (including phenoxy) is 1. The SMILES string of the molecule is COc1ccc(S(=O)(=O)N(CC(C)C)CC(O)C(Cc2ccccc2)NC(=O)C(C)CS(=O)(=O)NCc2ccccc2)cc1. The Bertz CT molecular complexity index is 1530. The highest BCUT2D eigenvalue weighted by Gasteiger charge is 2.32. The van der Waals surface area contributed by atoms with Crippen molar-refractivity contribution in [2.24, 2.45) is 11.8 Å². The van der Waals surface area contributed by atoms with Crippen molar-refractivity contribution in [3.05, 3.63) is 96.1 Å². The molecule has 12 heteroatoms. The van der Waals surface area contributed by atoms with Crippen molar-refractivity contribution < 1.29 is 31.5 Å². The monoisotopic (exact) mass is 645 g/mol. The highest BCUT2D eigenvalue weighted by molar-refractivity contribution is 7.89. The molecule has 10 nitrogen and oxygen atoms in total. The molecule has 3 atom stereocenters. The summed E-state index contributed by atoms with van der Waals surface area (Å²) >= 11 is 0. The Hall–Kier alpha value is -3.29. The summed E-state index contributed by atoms with van der Waals surface area (Å²) in [5, 5.41) is 14.3. The van der Waals surface area contributed by atoms with Crippen LogP contribution in [-0.2, 0) is 37.8 Å². The van der Waals surface area contributed by atoms with E-state index in [1.54, 1.807) is 24.3 Å². The third kappa shape index (κ3) is 10.7. The van der Waals surface area contributed by atoms with Gasteiger partial charge in [0.15, 0.2) is 0 Å². The van der Waals surface area contributed by atoms with Gasteiger partial charge in [-0.15, -0.1) is 0 Å². The molecule has 0 aliphatic carbocycles. The van der Waals surface area contributed by atoms with Crippen LogP contribution in [0.25, 0.3) is 0 Å². The molecule has 3 aromatic carbocycles. The Kier molecular flexibility index (Phi) is 12.9. The summed E-state index contributed by atoms with van der Waals surface area (Å²) in [6, 6.07) is 23.3. The van der Waals surface area contributed by atoms with Crippen LogP contribution in [0.15, 0.2) is 89.8 Å². The van der Waals surface area contributed by atoms with Gasteiger partial charge in [-0.25, -0.2) is 21.6 Å². The van der Waals surface area contributed by atoms with Crippen LogP contribution in [0.3, 0.4) is 0 Å². The van der Waals surface area contributed by atoms with Crippen LogP contribution in [-0.4, -0.2) is 70.3 Å². The number of hydrogen-bond acceptors (Lipinski definition) is 7. The zero-order valence-corrected chi connectivity index (χ0v) is 27.2. The molecular weight excluding hydrogens is 603 g/mol. The molecule has 3 unspecified atom stereocenters. The number of nitrogens with zero attached hydrogens (tertiary/aromatic N) is 1. The minimum atomic E-state index is -4.00. The third-order valence-electron chi connectivity index (χ3n) is 7.00. The van der Waals surface area contributed by atoms with E-state index in [9.17, 15) is 26.7 Å². The molecule has 0 aromatic heterocycles. The van der Waals surface area contributed by atoms with Crippen molar-refractivity contribution in [2.75, 3.05) is 26.0 Å². The molecule has 3 N–H and O–H groups in total. The van der Waals surface area contributed by atoms with E-state index in [4.69, 9.17) is 4.74 Å². The first kappa shape index (κ1) is 35.2. The maximum atomic E-state index is 13.6. The van der Waals surface area contributed by atoms with Gasteiger partial charge in [0.1, 0.15) is 5.75 Å². The molecule has 3 aromatic rings. The average molecular weight is 646 g/mol. The summed E-state index contributed by atoms with van der Waals surface area (Å²) in [6.07, 6.45) is -1.09. The Morgan fingerprint density at radius 3 is 1.95 bits per heavy atom. The summed E-state index contributed by atoms with van der Waals surface area (Å²) in [4.78, 5) is 13.3. The minimum absolute atomic E-state index is 0.0500. The fourth-order valence-electron chi connectivity index (χ4n) is 4.64. The van der Waals surface area contributed by atoms with Gasteiger partial charge >= 0.3 is 0 Å². The molecule has 240 valence electrons. The second kappa shape index (κ2) is 16.1. The lowest BCUT2D eigenvalue weighted by atomic mass is 10.00. The highest BCUT2D eigenvalue weighted by Crippen LogP contribution is 2.22. The highest BCUT2D eigenvalue weighted by atomic mass is 32.2. The Labute approximate surface area is 261 Å². The number of carbonyl (C=O) groups excluding carboxylic acids is 1. The lowest BCUT2D eigenvalue weighted by Gasteiger charge is -2.31. The van der Waals surface area contributed by atoms with E-state index >= 15 is 0 Å². The number of amides is 1. The minimum Gasteiger partial charge on any atom is -0.497 e. The van der Waals surface area contributed by atoms with Crippen LogP contribution in [0.1, 0.15) is 31.9 Å². The van der Waals surface area contributed by atoms with E-state index in [1.807, 2.05) is 62.4 Å². The Balaban J connectivity index is 1.78. The van der Waals surface area contributed by atoms with Crippen LogP contribution in [0.2, 0.25) is 0 Å². The van der Waals surface area contributed by atoms with Gasteiger partial charge in [-0.1, -0.05) is 81.4 Å². The van der Waals surface area contributed by atoms with Crippen LogP contribution >= 0.6 is 0 Å². The second-order valence-electron chi connectivity index (χ2n) is 11.3. The Morgan fingerprint density at radius 1 is 0.841 bits per heavy atom. The number of nitrogens with one attached hydrogen (secondary N) is 2. The molecule has 0 radical (unpaired) electrons. The summed E-state index contributed by atoms with van der Waals surface area (Å²) in [5.41, 5.74) is 1.60. The zero-order chi connectivity index (χ0) is 32.3. The number of aliphatic hydroxyl groups is 1. The number of carbonyl (C=O) groups is 1. The molecule has 0 fully saturated rings. The molecule has 44 heavy (non-hydrogen) atoms. The van der Waals surface area contributed by atoms with Gasteiger partial charge < -0.3 is 15.2 Å². The van der Waals surface area contributed by atoms with E-state index < -0.39 is 49.8 Å².